The van der Waals surface area contributed by atoms with Crippen LogP contribution in [0.5, 0.6) is 0 Å². The Morgan fingerprint density at radius 2 is 2.03 bits per heavy atom. The van der Waals surface area contributed by atoms with Crippen LogP contribution < -0.4 is 4.72 Å². The fourth-order valence-electron chi connectivity index (χ4n) is 3.27. The molecule has 0 radical (unpaired) electrons. The molecule has 9 heteroatoms. The van der Waals surface area contributed by atoms with Gasteiger partial charge in [-0.2, -0.15) is 5.10 Å². The molecule has 0 saturated heterocycles. The second-order valence-electron chi connectivity index (χ2n) is 6.85. The Labute approximate surface area is 174 Å². The van der Waals surface area contributed by atoms with Crippen molar-refractivity contribution in [1.29, 1.82) is 0 Å². The standard InChI is InChI=1S/C20H21ClFN3O3S/c1-3-6-19(26)25-18(20-15(21)9-5-10-16(20)22)12-17(23-25)13-7-4-8-14(11-13)24-29(2,27)28/h4-5,7-11,18,24H,3,6,12H2,1-2H3. The van der Waals surface area contributed by atoms with Crippen molar-refractivity contribution < 1.29 is 17.6 Å². The highest BCUT2D eigenvalue weighted by molar-refractivity contribution is 7.92. The van der Waals surface area contributed by atoms with Gasteiger partial charge < -0.3 is 0 Å². The molecule has 0 fully saturated rings. The van der Waals surface area contributed by atoms with Gasteiger partial charge in [0, 0.05) is 29.1 Å². The number of hydrogen-bond acceptors (Lipinski definition) is 4. The van der Waals surface area contributed by atoms with E-state index in [1.807, 2.05) is 6.92 Å². The zero-order chi connectivity index (χ0) is 21.2. The highest BCUT2D eigenvalue weighted by Gasteiger charge is 2.35. The lowest BCUT2D eigenvalue weighted by Crippen LogP contribution is -2.27. The van der Waals surface area contributed by atoms with Crippen molar-refractivity contribution in [3.05, 3.63) is 64.4 Å². The van der Waals surface area contributed by atoms with E-state index >= 15 is 0 Å². The molecule has 154 valence electrons. The maximum absolute atomic E-state index is 14.6. The number of hydrogen-bond donors (Lipinski definition) is 1. The van der Waals surface area contributed by atoms with E-state index in [4.69, 9.17) is 11.6 Å². The molecular weight excluding hydrogens is 417 g/mol. The molecule has 29 heavy (non-hydrogen) atoms. The van der Waals surface area contributed by atoms with Gasteiger partial charge in [0.1, 0.15) is 5.82 Å². The van der Waals surface area contributed by atoms with E-state index in [9.17, 15) is 17.6 Å². The fraction of sp³-hybridized carbons (Fsp3) is 0.300. The lowest BCUT2D eigenvalue weighted by atomic mass is 9.97. The van der Waals surface area contributed by atoms with Gasteiger partial charge in [-0.15, -0.1) is 0 Å². The Morgan fingerprint density at radius 3 is 2.69 bits per heavy atom. The number of benzene rings is 2. The van der Waals surface area contributed by atoms with Crippen molar-refractivity contribution in [1.82, 2.24) is 5.01 Å². The monoisotopic (exact) mass is 437 g/mol. The van der Waals surface area contributed by atoms with Crippen LogP contribution in [-0.2, 0) is 14.8 Å². The van der Waals surface area contributed by atoms with Crippen LogP contribution >= 0.6 is 11.6 Å². The van der Waals surface area contributed by atoms with Crippen molar-refractivity contribution in [2.45, 2.75) is 32.2 Å². The predicted octanol–water partition coefficient (Wildman–Crippen LogP) is 4.33. The van der Waals surface area contributed by atoms with Crippen LogP contribution in [0.3, 0.4) is 0 Å². The van der Waals surface area contributed by atoms with Crippen molar-refractivity contribution >= 4 is 38.9 Å². The number of nitrogens with one attached hydrogen (secondary N) is 1. The number of rotatable bonds is 6. The molecule has 1 heterocycles. The van der Waals surface area contributed by atoms with Gasteiger partial charge in [-0.1, -0.05) is 36.7 Å². The van der Waals surface area contributed by atoms with Crippen LogP contribution in [0.15, 0.2) is 47.6 Å². The van der Waals surface area contributed by atoms with Gasteiger partial charge >= 0.3 is 0 Å². The summed E-state index contributed by atoms with van der Waals surface area (Å²) in [5.74, 6) is -0.724. The summed E-state index contributed by atoms with van der Waals surface area (Å²) < 4.78 is 40.0. The molecule has 2 aromatic rings. The second-order valence-corrected chi connectivity index (χ2v) is 9.00. The molecule has 0 aromatic heterocycles. The van der Waals surface area contributed by atoms with Gasteiger partial charge in [-0.25, -0.2) is 17.8 Å². The summed E-state index contributed by atoms with van der Waals surface area (Å²) in [5, 5.41) is 5.97. The SMILES string of the molecule is CCCC(=O)N1N=C(c2cccc(NS(C)(=O)=O)c2)CC1c1c(F)cccc1Cl. The number of carbonyl (C=O) groups is 1. The molecule has 6 nitrogen and oxygen atoms in total. The molecule has 1 atom stereocenters. The summed E-state index contributed by atoms with van der Waals surface area (Å²) in [6.07, 6.45) is 2.23. The summed E-state index contributed by atoms with van der Waals surface area (Å²) in [6, 6.07) is 10.4. The van der Waals surface area contributed by atoms with Crippen LogP contribution in [0.1, 0.15) is 43.4 Å². The third-order valence-corrected chi connectivity index (χ3v) is 5.40. The topological polar surface area (TPSA) is 78.8 Å². The van der Waals surface area contributed by atoms with E-state index < -0.39 is 21.9 Å². The molecule has 1 aliphatic rings. The summed E-state index contributed by atoms with van der Waals surface area (Å²) >= 11 is 6.24. The average molecular weight is 438 g/mol. The molecule has 0 saturated carbocycles. The highest BCUT2D eigenvalue weighted by atomic mass is 35.5. The highest BCUT2D eigenvalue weighted by Crippen LogP contribution is 2.38. The van der Waals surface area contributed by atoms with Gasteiger partial charge in [-0.3, -0.25) is 9.52 Å². The normalized spacial score (nSPS) is 16.6. The van der Waals surface area contributed by atoms with E-state index in [1.165, 1.54) is 17.1 Å². The number of carbonyl (C=O) groups excluding carboxylic acids is 1. The van der Waals surface area contributed by atoms with Gasteiger partial charge in [0.15, 0.2) is 0 Å². The number of hydrazone groups is 1. The first-order valence-corrected chi connectivity index (χ1v) is 11.4. The summed E-state index contributed by atoms with van der Waals surface area (Å²) in [6.45, 7) is 1.88. The molecular formula is C20H21ClFN3O3S. The van der Waals surface area contributed by atoms with E-state index in [-0.39, 0.29) is 29.3 Å². The van der Waals surface area contributed by atoms with Crippen LogP contribution in [-0.4, -0.2) is 31.3 Å². The third kappa shape index (κ3) is 4.94. The minimum Gasteiger partial charge on any atom is -0.284 e. The largest absolute Gasteiger partial charge is 0.284 e. The number of anilines is 1. The van der Waals surface area contributed by atoms with Crippen molar-refractivity contribution in [2.24, 2.45) is 5.10 Å². The Kier molecular flexibility index (Phi) is 6.24. The van der Waals surface area contributed by atoms with Crippen LogP contribution in [0.4, 0.5) is 10.1 Å². The maximum Gasteiger partial charge on any atom is 0.243 e. The average Bonchev–Trinajstić information content (AvgIpc) is 3.06. The number of sulfonamides is 1. The second kappa shape index (κ2) is 8.51. The van der Waals surface area contributed by atoms with Crippen molar-refractivity contribution in [3.63, 3.8) is 0 Å². The summed E-state index contributed by atoms with van der Waals surface area (Å²) in [7, 11) is -3.44. The van der Waals surface area contributed by atoms with Gasteiger partial charge in [0.2, 0.25) is 15.9 Å². The minimum atomic E-state index is -3.44. The first kappa shape index (κ1) is 21.3. The van der Waals surface area contributed by atoms with E-state index in [0.29, 0.717) is 23.4 Å². The Balaban J connectivity index is 2.00. The Bertz CT molecular complexity index is 1050. The lowest BCUT2D eigenvalue weighted by Gasteiger charge is -2.23. The zero-order valence-electron chi connectivity index (χ0n) is 16.0. The first-order chi connectivity index (χ1) is 13.7. The third-order valence-electron chi connectivity index (χ3n) is 4.46. The quantitative estimate of drug-likeness (QED) is 0.730. The number of halogens is 2. The predicted molar refractivity (Wildman–Crippen MR) is 112 cm³/mol. The zero-order valence-corrected chi connectivity index (χ0v) is 17.6. The molecule has 0 bridgehead atoms. The number of nitrogens with zero attached hydrogens (tertiary/aromatic N) is 2. The van der Waals surface area contributed by atoms with Crippen LogP contribution in [0.2, 0.25) is 5.02 Å². The smallest absolute Gasteiger partial charge is 0.243 e. The number of amides is 1. The summed E-state index contributed by atoms with van der Waals surface area (Å²) in [4.78, 5) is 12.6. The molecule has 1 aliphatic heterocycles. The molecule has 1 amide bonds. The molecule has 1 N–H and O–H groups in total. The molecule has 3 rings (SSSR count). The summed E-state index contributed by atoms with van der Waals surface area (Å²) in [5.41, 5.74) is 1.80. The fourth-order valence-corrected chi connectivity index (χ4v) is 4.12. The molecule has 0 aliphatic carbocycles. The van der Waals surface area contributed by atoms with E-state index in [2.05, 4.69) is 9.82 Å². The van der Waals surface area contributed by atoms with E-state index in [1.54, 1.807) is 30.3 Å². The van der Waals surface area contributed by atoms with Crippen LogP contribution in [0, 0.1) is 5.82 Å². The molecule has 0 spiro atoms. The molecule has 1 unspecified atom stereocenters. The maximum atomic E-state index is 14.6. The lowest BCUT2D eigenvalue weighted by molar-refractivity contribution is -0.133. The van der Waals surface area contributed by atoms with Gasteiger partial charge in [0.05, 0.1) is 18.0 Å². The first-order valence-electron chi connectivity index (χ1n) is 9.11. The van der Waals surface area contributed by atoms with Gasteiger partial charge in [0.25, 0.3) is 0 Å². The molecule has 2 aromatic carbocycles. The van der Waals surface area contributed by atoms with Gasteiger partial charge in [-0.05, 0) is 36.2 Å². The van der Waals surface area contributed by atoms with Crippen LogP contribution in [0.25, 0.3) is 0 Å². The van der Waals surface area contributed by atoms with Crippen molar-refractivity contribution in [2.75, 3.05) is 11.0 Å². The minimum absolute atomic E-state index is 0.225. The van der Waals surface area contributed by atoms with Crippen molar-refractivity contribution in [3.8, 4) is 0 Å². The van der Waals surface area contributed by atoms with E-state index in [0.717, 1.165) is 6.26 Å². The Hall–Kier alpha value is -2.45. The Morgan fingerprint density at radius 1 is 1.31 bits per heavy atom.